The van der Waals surface area contributed by atoms with Crippen LogP contribution in [0.2, 0.25) is 0 Å². The lowest BCUT2D eigenvalue weighted by molar-refractivity contribution is -0.0535. The number of aryl methyl sites for hydroxylation is 1. The summed E-state index contributed by atoms with van der Waals surface area (Å²) >= 11 is 0. The van der Waals surface area contributed by atoms with E-state index >= 15 is 0 Å². The third kappa shape index (κ3) is 4.05. The molecular formula is C17H26O2. The highest BCUT2D eigenvalue weighted by Gasteiger charge is 2.29. The van der Waals surface area contributed by atoms with E-state index in [1.165, 1.54) is 43.2 Å². The molecule has 1 aliphatic rings. The number of aliphatic hydroxyl groups excluding tert-OH is 1. The van der Waals surface area contributed by atoms with Gasteiger partial charge in [-0.25, -0.2) is 0 Å². The summed E-state index contributed by atoms with van der Waals surface area (Å²) in [5, 5.41) is 10.5. The van der Waals surface area contributed by atoms with Crippen LogP contribution in [0.5, 0.6) is 0 Å². The van der Waals surface area contributed by atoms with E-state index in [-0.39, 0.29) is 6.10 Å². The predicted octanol–water partition coefficient (Wildman–Crippen LogP) is 3.49. The van der Waals surface area contributed by atoms with Gasteiger partial charge in [-0.15, -0.1) is 0 Å². The second-order valence-corrected chi connectivity index (χ2v) is 5.86. The number of rotatable bonds is 5. The lowest BCUT2D eigenvalue weighted by Gasteiger charge is -2.32. The molecule has 0 spiro atoms. The Balaban J connectivity index is 1.97. The average Bonchev–Trinajstić information content (AvgIpc) is 2.41. The van der Waals surface area contributed by atoms with E-state index in [0.29, 0.717) is 12.3 Å². The standard InChI is InChI=1S/C17H26O2/c1-13-7-6-8-14(11-13)12-16(18)17(19-2)15-9-4-3-5-10-15/h6-8,11,15-18H,3-5,9-10,12H2,1-2H3. The summed E-state index contributed by atoms with van der Waals surface area (Å²) in [5.74, 6) is 0.526. The van der Waals surface area contributed by atoms with Crippen molar-refractivity contribution in [1.82, 2.24) is 0 Å². The van der Waals surface area contributed by atoms with Crippen LogP contribution in [0.3, 0.4) is 0 Å². The lowest BCUT2D eigenvalue weighted by Crippen LogP contribution is -2.37. The largest absolute Gasteiger partial charge is 0.390 e. The van der Waals surface area contributed by atoms with Crippen molar-refractivity contribution in [3.05, 3.63) is 35.4 Å². The van der Waals surface area contributed by atoms with Crippen molar-refractivity contribution < 1.29 is 9.84 Å². The van der Waals surface area contributed by atoms with Crippen LogP contribution in [-0.2, 0) is 11.2 Å². The van der Waals surface area contributed by atoms with Gasteiger partial charge in [-0.2, -0.15) is 0 Å². The molecule has 0 aliphatic heterocycles. The second-order valence-electron chi connectivity index (χ2n) is 5.86. The summed E-state index contributed by atoms with van der Waals surface area (Å²) in [6, 6.07) is 8.38. The molecule has 19 heavy (non-hydrogen) atoms. The number of methoxy groups -OCH3 is 1. The van der Waals surface area contributed by atoms with Crippen LogP contribution >= 0.6 is 0 Å². The van der Waals surface area contributed by atoms with E-state index in [1.807, 2.05) is 0 Å². The maximum atomic E-state index is 10.5. The SMILES string of the molecule is COC(C(O)Cc1cccc(C)c1)C1CCCCC1. The highest BCUT2D eigenvalue weighted by atomic mass is 16.5. The van der Waals surface area contributed by atoms with Gasteiger partial charge in [0.05, 0.1) is 12.2 Å². The van der Waals surface area contributed by atoms with Gasteiger partial charge < -0.3 is 9.84 Å². The number of benzene rings is 1. The Morgan fingerprint density at radius 1 is 1.26 bits per heavy atom. The number of aliphatic hydroxyl groups is 1. The van der Waals surface area contributed by atoms with Gasteiger partial charge in [0.25, 0.3) is 0 Å². The van der Waals surface area contributed by atoms with Crippen molar-refractivity contribution in [2.24, 2.45) is 5.92 Å². The Morgan fingerprint density at radius 3 is 2.63 bits per heavy atom. The van der Waals surface area contributed by atoms with Gasteiger partial charge in [0, 0.05) is 13.5 Å². The molecule has 1 aromatic carbocycles. The van der Waals surface area contributed by atoms with Crippen molar-refractivity contribution in [3.8, 4) is 0 Å². The first kappa shape index (κ1) is 14.5. The third-order valence-electron chi connectivity index (χ3n) is 4.29. The van der Waals surface area contributed by atoms with Crippen molar-refractivity contribution in [2.75, 3.05) is 7.11 Å². The molecule has 1 aromatic rings. The maximum Gasteiger partial charge on any atom is 0.0861 e. The zero-order valence-corrected chi connectivity index (χ0v) is 12.1. The lowest BCUT2D eigenvalue weighted by atomic mass is 9.82. The molecule has 2 nitrogen and oxygen atoms in total. The van der Waals surface area contributed by atoms with E-state index in [4.69, 9.17) is 4.74 Å². The van der Waals surface area contributed by atoms with Gasteiger partial charge in [0.15, 0.2) is 0 Å². The summed E-state index contributed by atoms with van der Waals surface area (Å²) in [7, 11) is 1.73. The first-order chi connectivity index (χ1) is 9.20. The molecule has 1 fully saturated rings. The first-order valence-corrected chi connectivity index (χ1v) is 7.47. The predicted molar refractivity (Wildman–Crippen MR) is 78.3 cm³/mol. The minimum Gasteiger partial charge on any atom is -0.390 e. The molecule has 0 saturated heterocycles. The topological polar surface area (TPSA) is 29.5 Å². The number of hydrogen-bond acceptors (Lipinski definition) is 2. The number of ether oxygens (including phenoxy) is 1. The van der Waals surface area contributed by atoms with Gasteiger partial charge in [-0.1, -0.05) is 49.1 Å². The molecule has 1 N–H and O–H groups in total. The molecule has 1 aliphatic carbocycles. The minimum atomic E-state index is -0.394. The fourth-order valence-corrected chi connectivity index (χ4v) is 3.32. The molecule has 0 bridgehead atoms. The minimum absolute atomic E-state index is 0.0131. The van der Waals surface area contributed by atoms with E-state index in [9.17, 15) is 5.11 Å². The van der Waals surface area contributed by atoms with Crippen LogP contribution in [-0.4, -0.2) is 24.4 Å². The second kappa shape index (κ2) is 7.06. The van der Waals surface area contributed by atoms with Gasteiger partial charge in [0.2, 0.25) is 0 Å². The molecule has 0 amide bonds. The van der Waals surface area contributed by atoms with Crippen molar-refractivity contribution >= 4 is 0 Å². The summed E-state index contributed by atoms with van der Waals surface area (Å²) in [5.41, 5.74) is 2.45. The fourth-order valence-electron chi connectivity index (χ4n) is 3.32. The van der Waals surface area contributed by atoms with E-state index in [2.05, 4.69) is 31.2 Å². The monoisotopic (exact) mass is 262 g/mol. The van der Waals surface area contributed by atoms with Crippen molar-refractivity contribution in [2.45, 2.75) is 57.7 Å². The fraction of sp³-hybridized carbons (Fsp3) is 0.647. The molecule has 2 heteroatoms. The highest BCUT2D eigenvalue weighted by Crippen LogP contribution is 2.30. The third-order valence-corrected chi connectivity index (χ3v) is 4.29. The Morgan fingerprint density at radius 2 is 2.00 bits per heavy atom. The van der Waals surface area contributed by atoms with E-state index < -0.39 is 6.10 Å². The van der Waals surface area contributed by atoms with Crippen LogP contribution in [0.25, 0.3) is 0 Å². The van der Waals surface area contributed by atoms with E-state index in [1.54, 1.807) is 7.11 Å². The number of hydrogen-bond donors (Lipinski definition) is 1. The van der Waals surface area contributed by atoms with Gasteiger partial charge in [0.1, 0.15) is 0 Å². The molecule has 0 heterocycles. The average molecular weight is 262 g/mol. The molecular weight excluding hydrogens is 236 g/mol. The molecule has 0 aromatic heterocycles. The van der Waals surface area contributed by atoms with Crippen LogP contribution < -0.4 is 0 Å². The maximum absolute atomic E-state index is 10.5. The quantitative estimate of drug-likeness (QED) is 0.880. The van der Waals surface area contributed by atoms with E-state index in [0.717, 1.165) is 0 Å². The van der Waals surface area contributed by atoms with Crippen molar-refractivity contribution in [1.29, 1.82) is 0 Å². The first-order valence-electron chi connectivity index (χ1n) is 7.47. The zero-order valence-electron chi connectivity index (χ0n) is 12.1. The molecule has 2 atom stereocenters. The Kier molecular flexibility index (Phi) is 5.41. The Hall–Kier alpha value is -0.860. The summed E-state index contributed by atoms with van der Waals surface area (Å²) < 4.78 is 5.60. The molecule has 106 valence electrons. The summed E-state index contributed by atoms with van der Waals surface area (Å²) in [6.07, 6.45) is 6.57. The summed E-state index contributed by atoms with van der Waals surface area (Å²) in [4.78, 5) is 0. The van der Waals surface area contributed by atoms with Crippen LogP contribution in [0.4, 0.5) is 0 Å². The molecule has 2 rings (SSSR count). The van der Waals surface area contributed by atoms with Gasteiger partial charge in [-0.3, -0.25) is 0 Å². The van der Waals surface area contributed by atoms with Crippen molar-refractivity contribution in [3.63, 3.8) is 0 Å². The highest BCUT2D eigenvalue weighted by molar-refractivity contribution is 5.22. The zero-order chi connectivity index (χ0) is 13.7. The molecule has 2 unspecified atom stereocenters. The Bertz CT molecular complexity index is 383. The normalized spacial score (nSPS) is 20.2. The molecule has 0 radical (unpaired) electrons. The summed E-state index contributed by atoms with van der Waals surface area (Å²) in [6.45, 7) is 2.09. The van der Waals surface area contributed by atoms with Crippen LogP contribution in [0.1, 0.15) is 43.2 Å². The van der Waals surface area contributed by atoms with Gasteiger partial charge >= 0.3 is 0 Å². The molecule has 1 saturated carbocycles. The van der Waals surface area contributed by atoms with Crippen LogP contribution in [0, 0.1) is 12.8 Å². The van der Waals surface area contributed by atoms with Crippen LogP contribution in [0.15, 0.2) is 24.3 Å². The Labute approximate surface area is 116 Å². The van der Waals surface area contributed by atoms with Gasteiger partial charge in [-0.05, 0) is 31.2 Å². The smallest absolute Gasteiger partial charge is 0.0861 e.